The predicted octanol–water partition coefficient (Wildman–Crippen LogP) is 4.26. The normalized spacial score (nSPS) is 11.2. The smallest absolute Gasteiger partial charge is 0.265 e. The molecule has 0 aliphatic heterocycles. The quantitative estimate of drug-likeness (QED) is 0.917. The fraction of sp³-hybridized carbons (Fsp3) is 0.400. The first-order valence-corrected chi connectivity index (χ1v) is 7.82. The number of anilines is 1. The summed E-state index contributed by atoms with van der Waals surface area (Å²) in [6, 6.07) is 5.54. The highest BCUT2D eigenvalue weighted by molar-refractivity contribution is 7.21. The van der Waals surface area contributed by atoms with E-state index in [4.69, 9.17) is 17.3 Å². The molecule has 2 aromatic rings. The minimum Gasteiger partial charge on any atom is -0.397 e. The lowest BCUT2D eigenvalue weighted by atomic mass is 10.1. The summed E-state index contributed by atoms with van der Waals surface area (Å²) in [5.41, 5.74) is 6.64. The molecule has 1 aromatic heterocycles. The zero-order valence-corrected chi connectivity index (χ0v) is 13.5. The van der Waals surface area contributed by atoms with Gasteiger partial charge in [-0.05, 0) is 30.5 Å². The van der Waals surface area contributed by atoms with Crippen molar-refractivity contribution in [2.75, 3.05) is 19.3 Å². The van der Waals surface area contributed by atoms with Crippen LogP contribution in [0.25, 0.3) is 10.1 Å². The largest absolute Gasteiger partial charge is 0.397 e. The molecule has 0 aliphatic carbocycles. The molecule has 0 spiro atoms. The maximum absolute atomic E-state index is 12.5. The molecule has 20 heavy (non-hydrogen) atoms. The number of thiophene rings is 1. The summed E-state index contributed by atoms with van der Waals surface area (Å²) in [7, 11) is 1.82. The third kappa shape index (κ3) is 3.07. The van der Waals surface area contributed by atoms with Crippen LogP contribution in [0.3, 0.4) is 0 Å². The Morgan fingerprint density at radius 2 is 2.15 bits per heavy atom. The lowest BCUT2D eigenvalue weighted by Crippen LogP contribution is -2.28. The highest BCUT2D eigenvalue weighted by Crippen LogP contribution is 2.35. The monoisotopic (exact) mass is 310 g/mol. The highest BCUT2D eigenvalue weighted by atomic mass is 35.5. The van der Waals surface area contributed by atoms with Crippen LogP contribution in [0, 0.1) is 5.92 Å². The van der Waals surface area contributed by atoms with Gasteiger partial charge in [-0.1, -0.05) is 25.4 Å². The molecule has 0 saturated carbocycles. The number of nitrogens with two attached hydrogens (primary N) is 1. The van der Waals surface area contributed by atoms with Gasteiger partial charge in [0.05, 0.1) is 5.69 Å². The molecule has 1 aromatic carbocycles. The van der Waals surface area contributed by atoms with Gasteiger partial charge >= 0.3 is 0 Å². The van der Waals surface area contributed by atoms with Crippen molar-refractivity contribution in [2.45, 2.75) is 20.3 Å². The Bertz CT molecular complexity index is 636. The molecule has 0 unspecified atom stereocenters. The van der Waals surface area contributed by atoms with Crippen molar-refractivity contribution in [3.8, 4) is 0 Å². The van der Waals surface area contributed by atoms with Gasteiger partial charge in [0.2, 0.25) is 0 Å². The number of carbonyl (C=O) groups excluding carboxylic acids is 1. The van der Waals surface area contributed by atoms with Crippen LogP contribution in [0.2, 0.25) is 5.02 Å². The van der Waals surface area contributed by atoms with Gasteiger partial charge in [0.15, 0.2) is 0 Å². The van der Waals surface area contributed by atoms with Crippen LogP contribution < -0.4 is 5.73 Å². The standard InChI is InChI=1S/C15H19ClN2OS/c1-9(2)6-7-18(3)15(19)14-13(17)11-8-10(16)4-5-12(11)20-14/h4-5,8-9H,6-7,17H2,1-3H3. The molecule has 108 valence electrons. The number of nitrogen functional groups attached to an aromatic ring is 1. The van der Waals surface area contributed by atoms with Crippen molar-refractivity contribution in [1.29, 1.82) is 0 Å². The van der Waals surface area contributed by atoms with E-state index in [-0.39, 0.29) is 5.91 Å². The third-order valence-corrected chi connectivity index (χ3v) is 4.68. The third-order valence-electron chi connectivity index (χ3n) is 3.27. The molecule has 0 aliphatic rings. The lowest BCUT2D eigenvalue weighted by molar-refractivity contribution is 0.0795. The SMILES string of the molecule is CC(C)CCN(C)C(=O)c1sc2ccc(Cl)cc2c1N. The number of rotatable bonds is 4. The van der Waals surface area contributed by atoms with E-state index in [1.807, 2.05) is 25.2 Å². The molecule has 2 N–H and O–H groups in total. The molecular formula is C15H19ClN2OS. The summed E-state index contributed by atoms with van der Waals surface area (Å²) < 4.78 is 0.993. The number of hydrogen-bond acceptors (Lipinski definition) is 3. The van der Waals surface area contributed by atoms with Gasteiger partial charge in [-0.3, -0.25) is 4.79 Å². The zero-order valence-electron chi connectivity index (χ0n) is 11.9. The van der Waals surface area contributed by atoms with E-state index in [1.54, 1.807) is 4.90 Å². The second-order valence-corrected chi connectivity index (χ2v) is 6.88. The van der Waals surface area contributed by atoms with Crippen LogP contribution in [0.4, 0.5) is 5.69 Å². The van der Waals surface area contributed by atoms with E-state index in [9.17, 15) is 4.79 Å². The van der Waals surface area contributed by atoms with Crippen molar-refractivity contribution in [3.05, 3.63) is 28.1 Å². The van der Waals surface area contributed by atoms with Crippen molar-refractivity contribution >= 4 is 44.6 Å². The fourth-order valence-electron chi connectivity index (χ4n) is 1.97. The van der Waals surface area contributed by atoms with Crippen LogP contribution in [0.15, 0.2) is 18.2 Å². The first-order chi connectivity index (χ1) is 9.40. The van der Waals surface area contributed by atoms with E-state index in [0.29, 0.717) is 21.5 Å². The molecule has 0 radical (unpaired) electrons. The number of amides is 1. The molecular weight excluding hydrogens is 292 g/mol. The Hall–Kier alpha value is -1.26. The van der Waals surface area contributed by atoms with Crippen molar-refractivity contribution in [1.82, 2.24) is 4.90 Å². The van der Waals surface area contributed by atoms with Crippen LogP contribution in [-0.4, -0.2) is 24.4 Å². The van der Waals surface area contributed by atoms with Crippen molar-refractivity contribution in [2.24, 2.45) is 5.92 Å². The van der Waals surface area contributed by atoms with E-state index < -0.39 is 0 Å². The van der Waals surface area contributed by atoms with Gasteiger partial charge in [-0.25, -0.2) is 0 Å². The molecule has 0 saturated heterocycles. The molecule has 5 heteroatoms. The minimum absolute atomic E-state index is 0.0135. The van der Waals surface area contributed by atoms with Crippen LogP contribution in [0.5, 0.6) is 0 Å². The molecule has 1 heterocycles. The van der Waals surface area contributed by atoms with Crippen LogP contribution >= 0.6 is 22.9 Å². The fourth-order valence-corrected chi connectivity index (χ4v) is 3.24. The maximum atomic E-state index is 12.5. The summed E-state index contributed by atoms with van der Waals surface area (Å²) in [6.07, 6.45) is 0.985. The Morgan fingerprint density at radius 1 is 1.45 bits per heavy atom. The minimum atomic E-state index is -0.0135. The number of nitrogens with zero attached hydrogens (tertiary/aromatic N) is 1. The van der Waals surface area contributed by atoms with Gasteiger partial charge in [0.25, 0.3) is 5.91 Å². The van der Waals surface area contributed by atoms with Gasteiger partial charge in [0.1, 0.15) is 4.88 Å². The van der Waals surface area contributed by atoms with E-state index >= 15 is 0 Å². The first kappa shape index (κ1) is 15.1. The molecule has 0 atom stereocenters. The Labute approximate surface area is 128 Å². The van der Waals surface area contributed by atoms with E-state index in [2.05, 4.69) is 13.8 Å². The number of fused-ring (bicyclic) bond motifs is 1. The summed E-state index contributed by atoms with van der Waals surface area (Å²) in [6.45, 7) is 5.03. The average molecular weight is 311 g/mol. The average Bonchev–Trinajstić information content (AvgIpc) is 2.72. The number of halogens is 1. The van der Waals surface area contributed by atoms with Crippen molar-refractivity contribution < 1.29 is 4.79 Å². The summed E-state index contributed by atoms with van der Waals surface area (Å²) in [4.78, 5) is 14.8. The number of carbonyl (C=O) groups is 1. The van der Waals surface area contributed by atoms with E-state index in [0.717, 1.165) is 23.1 Å². The summed E-state index contributed by atoms with van der Waals surface area (Å²) >= 11 is 7.41. The summed E-state index contributed by atoms with van der Waals surface area (Å²) in [5, 5.41) is 1.50. The van der Waals surface area contributed by atoms with Gasteiger partial charge in [0, 0.05) is 28.7 Å². The number of benzene rings is 1. The molecule has 2 rings (SSSR count). The maximum Gasteiger partial charge on any atom is 0.265 e. The van der Waals surface area contributed by atoms with Gasteiger partial charge < -0.3 is 10.6 Å². The van der Waals surface area contributed by atoms with E-state index in [1.165, 1.54) is 11.3 Å². The number of hydrogen-bond donors (Lipinski definition) is 1. The van der Waals surface area contributed by atoms with Crippen molar-refractivity contribution in [3.63, 3.8) is 0 Å². The molecule has 0 fully saturated rings. The first-order valence-electron chi connectivity index (χ1n) is 6.63. The Morgan fingerprint density at radius 3 is 2.80 bits per heavy atom. The topological polar surface area (TPSA) is 46.3 Å². The van der Waals surface area contributed by atoms with Crippen LogP contribution in [-0.2, 0) is 0 Å². The zero-order chi connectivity index (χ0) is 14.9. The van der Waals surface area contributed by atoms with Gasteiger partial charge in [-0.15, -0.1) is 11.3 Å². The van der Waals surface area contributed by atoms with Gasteiger partial charge in [-0.2, -0.15) is 0 Å². The van der Waals surface area contributed by atoms with Crippen LogP contribution in [0.1, 0.15) is 29.9 Å². The summed E-state index contributed by atoms with van der Waals surface area (Å²) in [5.74, 6) is 0.560. The lowest BCUT2D eigenvalue weighted by Gasteiger charge is -2.17. The second kappa shape index (κ2) is 6.02. The highest BCUT2D eigenvalue weighted by Gasteiger charge is 2.19. The Balaban J connectivity index is 2.28. The second-order valence-electron chi connectivity index (χ2n) is 5.39. The molecule has 3 nitrogen and oxygen atoms in total. The molecule has 0 bridgehead atoms. The molecule has 1 amide bonds. The Kier molecular flexibility index (Phi) is 4.55. The predicted molar refractivity (Wildman–Crippen MR) is 87.7 cm³/mol.